The van der Waals surface area contributed by atoms with E-state index in [9.17, 15) is 13.6 Å². The highest BCUT2D eigenvalue weighted by molar-refractivity contribution is 5.88. The maximum absolute atomic E-state index is 13.7. The summed E-state index contributed by atoms with van der Waals surface area (Å²) < 4.78 is 32.3. The number of halogens is 2. The molecule has 0 spiro atoms. The van der Waals surface area contributed by atoms with Gasteiger partial charge in [-0.25, -0.2) is 13.6 Å². The van der Waals surface area contributed by atoms with Gasteiger partial charge in [-0.2, -0.15) is 0 Å². The summed E-state index contributed by atoms with van der Waals surface area (Å²) in [6.07, 6.45) is 1.47. The van der Waals surface area contributed by atoms with E-state index in [4.69, 9.17) is 9.52 Å². The van der Waals surface area contributed by atoms with Crippen LogP contribution in [0.2, 0.25) is 0 Å². The normalized spacial score (nSPS) is 12.2. The van der Waals surface area contributed by atoms with Gasteiger partial charge >= 0.3 is 5.97 Å². The smallest absolute Gasteiger partial charge is 0.338 e. The third-order valence-corrected chi connectivity index (χ3v) is 2.65. The fourth-order valence-electron chi connectivity index (χ4n) is 1.67. The average molecular weight is 267 g/mol. The minimum atomic E-state index is -1.51. The summed E-state index contributed by atoms with van der Waals surface area (Å²) in [5.74, 6) is -3.56. The SMILES string of the molecule is CC(Nc1ccc(C(=O)O)c(F)c1F)c1ccco1. The first-order valence-corrected chi connectivity index (χ1v) is 5.52. The van der Waals surface area contributed by atoms with Crippen molar-refractivity contribution in [1.82, 2.24) is 0 Å². The van der Waals surface area contributed by atoms with E-state index in [1.54, 1.807) is 19.1 Å². The Bertz CT molecular complexity index is 596. The monoisotopic (exact) mass is 267 g/mol. The second kappa shape index (κ2) is 5.09. The second-order valence-electron chi connectivity index (χ2n) is 3.98. The highest BCUT2D eigenvalue weighted by atomic mass is 19.2. The van der Waals surface area contributed by atoms with Crippen molar-refractivity contribution >= 4 is 11.7 Å². The zero-order valence-electron chi connectivity index (χ0n) is 9.98. The summed E-state index contributed by atoms with van der Waals surface area (Å²) >= 11 is 0. The van der Waals surface area contributed by atoms with Crippen LogP contribution in [0.1, 0.15) is 29.1 Å². The molecule has 1 aromatic heterocycles. The number of benzene rings is 1. The first kappa shape index (κ1) is 13.1. The lowest BCUT2D eigenvalue weighted by Crippen LogP contribution is -2.10. The molecule has 2 rings (SSSR count). The van der Waals surface area contributed by atoms with Gasteiger partial charge in [0.2, 0.25) is 0 Å². The number of carboxylic acid groups (broad SMARTS) is 1. The predicted molar refractivity (Wildman–Crippen MR) is 64.1 cm³/mol. The zero-order valence-corrected chi connectivity index (χ0v) is 9.98. The van der Waals surface area contributed by atoms with Gasteiger partial charge in [0.15, 0.2) is 11.6 Å². The van der Waals surface area contributed by atoms with Crippen molar-refractivity contribution < 1.29 is 23.1 Å². The summed E-state index contributed by atoms with van der Waals surface area (Å²) in [5, 5.41) is 11.4. The molecule has 0 bridgehead atoms. The zero-order chi connectivity index (χ0) is 14.0. The fourth-order valence-corrected chi connectivity index (χ4v) is 1.67. The van der Waals surface area contributed by atoms with Crippen LogP contribution in [0.25, 0.3) is 0 Å². The van der Waals surface area contributed by atoms with Gasteiger partial charge in [0.05, 0.1) is 23.6 Å². The Balaban J connectivity index is 2.27. The molecule has 19 heavy (non-hydrogen) atoms. The maximum Gasteiger partial charge on any atom is 0.338 e. The summed E-state index contributed by atoms with van der Waals surface area (Å²) in [4.78, 5) is 10.7. The Morgan fingerprint density at radius 3 is 2.63 bits per heavy atom. The highest BCUT2D eigenvalue weighted by Gasteiger charge is 2.19. The number of carbonyl (C=O) groups is 1. The van der Waals surface area contributed by atoms with Crippen molar-refractivity contribution in [3.8, 4) is 0 Å². The molecule has 1 atom stereocenters. The maximum atomic E-state index is 13.7. The van der Waals surface area contributed by atoms with Gasteiger partial charge in [-0.15, -0.1) is 0 Å². The van der Waals surface area contributed by atoms with Gasteiger partial charge in [0.1, 0.15) is 5.76 Å². The number of furan rings is 1. The minimum absolute atomic E-state index is 0.119. The molecule has 1 unspecified atom stereocenters. The van der Waals surface area contributed by atoms with Gasteiger partial charge in [0.25, 0.3) is 0 Å². The number of aromatic carboxylic acids is 1. The molecule has 0 fully saturated rings. The number of anilines is 1. The lowest BCUT2D eigenvalue weighted by molar-refractivity contribution is 0.0690. The quantitative estimate of drug-likeness (QED) is 0.890. The Kier molecular flexibility index (Phi) is 3.50. The molecule has 0 aliphatic carbocycles. The van der Waals surface area contributed by atoms with E-state index in [0.717, 1.165) is 6.07 Å². The molecule has 1 aromatic carbocycles. The van der Waals surface area contributed by atoms with E-state index in [0.29, 0.717) is 5.76 Å². The van der Waals surface area contributed by atoms with Crippen molar-refractivity contribution in [1.29, 1.82) is 0 Å². The van der Waals surface area contributed by atoms with Crippen LogP contribution >= 0.6 is 0 Å². The summed E-state index contributed by atoms with van der Waals surface area (Å²) in [6.45, 7) is 1.71. The molecule has 6 heteroatoms. The van der Waals surface area contributed by atoms with E-state index >= 15 is 0 Å². The van der Waals surface area contributed by atoms with E-state index in [1.165, 1.54) is 12.3 Å². The predicted octanol–water partition coefficient (Wildman–Crippen LogP) is 3.43. The molecule has 0 saturated carbocycles. The van der Waals surface area contributed by atoms with Crippen LogP contribution < -0.4 is 5.32 Å². The van der Waals surface area contributed by atoms with Crippen LogP contribution in [-0.4, -0.2) is 11.1 Å². The standard InChI is InChI=1S/C13H11F2NO3/c1-7(10-3-2-6-19-10)16-9-5-4-8(13(17)18)11(14)12(9)15/h2-7,16H,1H3,(H,17,18). The van der Waals surface area contributed by atoms with Crippen LogP contribution in [0.5, 0.6) is 0 Å². The van der Waals surface area contributed by atoms with E-state index in [1.807, 2.05) is 0 Å². The van der Waals surface area contributed by atoms with E-state index in [-0.39, 0.29) is 11.7 Å². The fraction of sp³-hybridized carbons (Fsp3) is 0.154. The molecule has 0 saturated heterocycles. The summed E-state index contributed by atoms with van der Waals surface area (Å²) in [6, 6.07) is 5.19. The van der Waals surface area contributed by atoms with Crippen LogP contribution in [0.15, 0.2) is 34.9 Å². The van der Waals surface area contributed by atoms with Crippen molar-refractivity contribution in [3.63, 3.8) is 0 Å². The molecule has 0 radical (unpaired) electrons. The molecule has 2 aromatic rings. The number of nitrogens with one attached hydrogen (secondary N) is 1. The Hall–Kier alpha value is -2.37. The van der Waals surface area contributed by atoms with Crippen molar-refractivity contribution in [2.24, 2.45) is 0 Å². The number of hydrogen-bond donors (Lipinski definition) is 2. The molecule has 0 aliphatic heterocycles. The number of hydrogen-bond acceptors (Lipinski definition) is 3. The van der Waals surface area contributed by atoms with Crippen LogP contribution in [0.4, 0.5) is 14.5 Å². The van der Waals surface area contributed by atoms with Crippen molar-refractivity contribution in [2.75, 3.05) is 5.32 Å². The molecular weight excluding hydrogens is 256 g/mol. The van der Waals surface area contributed by atoms with Gasteiger partial charge in [-0.3, -0.25) is 0 Å². The van der Waals surface area contributed by atoms with E-state index in [2.05, 4.69) is 5.32 Å². The third kappa shape index (κ3) is 2.57. The molecule has 4 nitrogen and oxygen atoms in total. The molecular formula is C13H11F2NO3. The molecule has 1 heterocycles. The van der Waals surface area contributed by atoms with Crippen LogP contribution in [0.3, 0.4) is 0 Å². The average Bonchev–Trinajstić information content (AvgIpc) is 2.88. The highest BCUT2D eigenvalue weighted by Crippen LogP contribution is 2.25. The lowest BCUT2D eigenvalue weighted by Gasteiger charge is -2.14. The largest absolute Gasteiger partial charge is 0.478 e. The van der Waals surface area contributed by atoms with Crippen LogP contribution in [-0.2, 0) is 0 Å². The van der Waals surface area contributed by atoms with Crippen molar-refractivity contribution in [2.45, 2.75) is 13.0 Å². The first-order chi connectivity index (χ1) is 9.00. The first-order valence-electron chi connectivity index (χ1n) is 5.52. The van der Waals surface area contributed by atoms with Gasteiger partial charge in [-0.05, 0) is 31.2 Å². The van der Waals surface area contributed by atoms with Gasteiger partial charge in [0, 0.05) is 0 Å². The topological polar surface area (TPSA) is 62.5 Å². The minimum Gasteiger partial charge on any atom is -0.478 e. The third-order valence-electron chi connectivity index (χ3n) is 2.65. The molecule has 100 valence electrons. The number of carboxylic acids is 1. The van der Waals surface area contributed by atoms with Crippen molar-refractivity contribution in [3.05, 3.63) is 53.5 Å². The molecule has 0 amide bonds. The lowest BCUT2D eigenvalue weighted by atomic mass is 10.1. The Labute approximate surface area is 107 Å². The summed E-state index contributed by atoms with van der Waals surface area (Å²) in [5.41, 5.74) is -0.819. The van der Waals surface area contributed by atoms with Gasteiger partial charge in [-0.1, -0.05) is 0 Å². The Morgan fingerprint density at radius 1 is 1.32 bits per heavy atom. The summed E-state index contributed by atoms with van der Waals surface area (Å²) in [7, 11) is 0. The molecule has 0 aliphatic rings. The number of rotatable bonds is 4. The van der Waals surface area contributed by atoms with Gasteiger partial charge < -0.3 is 14.8 Å². The van der Waals surface area contributed by atoms with E-state index < -0.39 is 23.2 Å². The second-order valence-corrected chi connectivity index (χ2v) is 3.98. The van der Waals surface area contributed by atoms with Crippen LogP contribution in [0, 0.1) is 11.6 Å². The Morgan fingerprint density at radius 2 is 2.05 bits per heavy atom. The molecule has 2 N–H and O–H groups in total.